The van der Waals surface area contributed by atoms with E-state index in [4.69, 9.17) is 11.6 Å². The summed E-state index contributed by atoms with van der Waals surface area (Å²) in [5.41, 5.74) is 2.74. The lowest BCUT2D eigenvalue weighted by molar-refractivity contribution is -0.305. The molecule has 0 fully saturated rings. The van der Waals surface area contributed by atoms with Crippen molar-refractivity contribution < 1.29 is 18.3 Å². The predicted octanol–water partition coefficient (Wildman–Crippen LogP) is 2.21. The van der Waals surface area contributed by atoms with Gasteiger partial charge in [-0.05, 0) is 49.6 Å². The number of hydrogen-bond donors (Lipinski definition) is 0. The molecule has 2 rings (SSSR count). The monoisotopic (exact) mass is 380 g/mol. The fourth-order valence-corrected chi connectivity index (χ4v) is 4.78. The summed E-state index contributed by atoms with van der Waals surface area (Å²) in [6, 6.07) is 10.1. The molecule has 0 aliphatic rings. The van der Waals surface area contributed by atoms with Crippen molar-refractivity contribution >= 4 is 27.6 Å². The standard InChI is InChI=1S/C18H20ClNO4S/c1-12-8-13(2)18(14(3)9-12)25(23,24)20(11-17(21)22)10-15-4-6-16(19)7-5-15/h4-9H,10-11H2,1-3H3,(H,21,22)/p-1. The van der Waals surface area contributed by atoms with Crippen LogP contribution in [0.2, 0.25) is 5.02 Å². The number of benzene rings is 2. The molecule has 0 amide bonds. The van der Waals surface area contributed by atoms with Crippen LogP contribution in [0.25, 0.3) is 0 Å². The summed E-state index contributed by atoms with van der Waals surface area (Å²) in [6.07, 6.45) is 0. The maximum Gasteiger partial charge on any atom is 0.244 e. The lowest BCUT2D eigenvalue weighted by Gasteiger charge is -2.25. The number of halogens is 1. The number of aryl methyl sites for hydroxylation is 3. The number of carboxylic acid groups (broad SMARTS) is 1. The molecule has 0 N–H and O–H groups in total. The number of nitrogens with zero attached hydrogens (tertiary/aromatic N) is 1. The first-order valence-corrected chi connectivity index (χ1v) is 9.45. The highest BCUT2D eigenvalue weighted by molar-refractivity contribution is 7.89. The van der Waals surface area contributed by atoms with E-state index in [1.807, 2.05) is 6.92 Å². The molecule has 25 heavy (non-hydrogen) atoms. The highest BCUT2D eigenvalue weighted by atomic mass is 35.5. The zero-order chi connectivity index (χ0) is 18.8. The number of carbonyl (C=O) groups is 1. The summed E-state index contributed by atoms with van der Waals surface area (Å²) >= 11 is 5.84. The average molecular weight is 381 g/mol. The van der Waals surface area contributed by atoms with Gasteiger partial charge in [-0.3, -0.25) is 0 Å². The summed E-state index contributed by atoms with van der Waals surface area (Å²) in [5, 5.41) is 11.6. The van der Waals surface area contributed by atoms with E-state index in [9.17, 15) is 18.3 Å². The third-order valence-corrected chi connectivity index (χ3v) is 6.13. The topological polar surface area (TPSA) is 77.5 Å². The SMILES string of the molecule is Cc1cc(C)c(S(=O)(=O)N(CC(=O)[O-])Cc2ccc(Cl)cc2)c(C)c1. The molecule has 0 aliphatic heterocycles. The molecule has 2 aromatic rings. The Morgan fingerprint density at radius 3 is 2.08 bits per heavy atom. The van der Waals surface area contributed by atoms with Gasteiger partial charge in [-0.2, -0.15) is 4.31 Å². The highest BCUT2D eigenvalue weighted by Crippen LogP contribution is 2.26. The van der Waals surface area contributed by atoms with Crippen molar-refractivity contribution in [1.29, 1.82) is 0 Å². The average Bonchev–Trinajstić information content (AvgIpc) is 2.47. The molecular weight excluding hydrogens is 362 g/mol. The Bertz CT molecular complexity index is 869. The molecule has 0 bridgehead atoms. The van der Waals surface area contributed by atoms with Gasteiger partial charge in [0.25, 0.3) is 0 Å². The van der Waals surface area contributed by atoms with Crippen LogP contribution in [-0.2, 0) is 21.4 Å². The Hall–Kier alpha value is -1.89. The number of hydrogen-bond acceptors (Lipinski definition) is 4. The normalized spacial score (nSPS) is 11.7. The van der Waals surface area contributed by atoms with Gasteiger partial charge >= 0.3 is 0 Å². The van der Waals surface area contributed by atoms with Crippen molar-refractivity contribution in [1.82, 2.24) is 4.31 Å². The molecule has 0 heterocycles. The first-order valence-electron chi connectivity index (χ1n) is 7.63. The van der Waals surface area contributed by atoms with Crippen molar-refractivity contribution in [3.05, 3.63) is 63.7 Å². The van der Waals surface area contributed by atoms with Crippen LogP contribution < -0.4 is 5.11 Å². The van der Waals surface area contributed by atoms with Crippen LogP contribution in [0.5, 0.6) is 0 Å². The minimum Gasteiger partial charge on any atom is -0.549 e. The van der Waals surface area contributed by atoms with Gasteiger partial charge in [-0.25, -0.2) is 8.42 Å². The first kappa shape index (κ1) is 19.4. The summed E-state index contributed by atoms with van der Waals surface area (Å²) < 4.78 is 27.1. The van der Waals surface area contributed by atoms with E-state index >= 15 is 0 Å². The molecule has 0 aromatic heterocycles. The predicted molar refractivity (Wildman–Crippen MR) is 94.7 cm³/mol. The van der Waals surface area contributed by atoms with Gasteiger partial charge in [-0.1, -0.05) is 41.4 Å². The van der Waals surface area contributed by atoms with Gasteiger partial charge in [0.2, 0.25) is 10.0 Å². The quantitative estimate of drug-likeness (QED) is 0.769. The van der Waals surface area contributed by atoms with Crippen LogP contribution in [0, 0.1) is 20.8 Å². The summed E-state index contributed by atoms with van der Waals surface area (Å²) in [5.74, 6) is -1.46. The molecule has 2 aromatic carbocycles. The highest BCUT2D eigenvalue weighted by Gasteiger charge is 2.28. The molecule has 0 aliphatic carbocycles. The van der Waals surface area contributed by atoms with Crippen LogP contribution >= 0.6 is 11.6 Å². The van der Waals surface area contributed by atoms with Gasteiger partial charge < -0.3 is 9.90 Å². The van der Waals surface area contributed by atoms with Gasteiger partial charge in [-0.15, -0.1) is 0 Å². The van der Waals surface area contributed by atoms with Crippen molar-refractivity contribution in [2.45, 2.75) is 32.2 Å². The van der Waals surface area contributed by atoms with Crippen molar-refractivity contribution in [3.63, 3.8) is 0 Å². The zero-order valence-electron chi connectivity index (χ0n) is 14.2. The summed E-state index contributed by atoms with van der Waals surface area (Å²) in [6.45, 7) is 4.47. The molecule has 7 heteroatoms. The Kier molecular flexibility index (Phi) is 5.87. The van der Waals surface area contributed by atoms with E-state index in [0.717, 1.165) is 9.87 Å². The van der Waals surface area contributed by atoms with Crippen LogP contribution in [0.1, 0.15) is 22.3 Å². The number of rotatable bonds is 6. The molecule has 0 unspecified atom stereocenters. The van der Waals surface area contributed by atoms with Crippen LogP contribution in [0.4, 0.5) is 0 Å². The van der Waals surface area contributed by atoms with E-state index in [1.165, 1.54) is 0 Å². The first-order chi connectivity index (χ1) is 11.6. The largest absolute Gasteiger partial charge is 0.549 e. The van der Waals surface area contributed by atoms with Gasteiger partial charge in [0, 0.05) is 11.6 Å². The third kappa shape index (κ3) is 4.60. The lowest BCUT2D eigenvalue weighted by atomic mass is 10.1. The van der Waals surface area contributed by atoms with Crippen LogP contribution in [0.3, 0.4) is 0 Å². The van der Waals surface area contributed by atoms with E-state index < -0.39 is 22.5 Å². The van der Waals surface area contributed by atoms with E-state index in [2.05, 4.69) is 0 Å². The Morgan fingerprint density at radius 1 is 1.08 bits per heavy atom. The number of sulfonamides is 1. The van der Waals surface area contributed by atoms with Crippen LogP contribution in [0.15, 0.2) is 41.3 Å². The number of carbonyl (C=O) groups excluding carboxylic acids is 1. The van der Waals surface area contributed by atoms with Crippen molar-refractivity contribution in [3.8, 4) is 0 Å². The molecule has 0 saturated heterocycles. The number of carboxylic acids is 1. The molecule has 134 valence electrons. The Labute approximate surface area is 152 Å². The Morgan fingerprint density at radius 2 is 1.60 bits per heavy atom. The maximum atomic E-state index is 13.1. The minimum absolute atomic E-state index is 0.0831. The zero-order valence-corrected chi connectivity index (χ0v) is 15.8. The number of aliphatic carboxylic acids is 1. The molecule has 0 saturated carbocycles. The van der Waals surface area contributed by atoms with Crippen molar-refractivity contribution in [2.75, 3.05) is 6.54 Å². The second-order valence-electron chi connectivity index (χ2n) is 6.00. The second-order valence-corrected chi connectivity index (χ2v) is 8.31. The summed E-state index contributed by atoms with van der Waals surface area (Å²) in [7, 11) is -4.00. The van der Waals surface area contributed by atoms with Gasteiger partial charge in [0.1, 0.15) is 0 Å². The maximum absolute atomic E-state index is 13.1. The summed E-state index contributed by atoms with van der Waals surface area (Å²) in [4.78, 5) is 11.3. The minimum atomic E-state index is -4.00. The van der Waals surface area contributed by atoms with E-state index in [1.54, 1.807) is 50.2 Å². The van der Waals surface area contributed by atoms with Gasteiger partial charge in [0.15, 0.2) is 0 Å². The third-order valence-electron chi connectivity index (χ3n) is 3.78. The van der Waals surface area contributed by atoms with Crippen LogP contribution in [-0.4, -0.2) is 25.2 Å². The fourth-order valence-electron chi connectivity index (χ4n) is 2.87. The van der Waals surface area contributed by atoms with E-state index in [0.29, 0.717) is 21.7 Å². The van der Waals surface area contributed by atoms with E-state index in [-0.39, 0.29) is 11.4 Å². The second kappa shape index (κ2) is 7.56. The molecule has 0 atom stereocenters. The lowest BCUT2D eigenvalue weighted by Crippen LogP contribution is -2.41. The van der Waals surface area contributed by atoms with Crippen molar-refractivity contribution in [2.24, 2.45) is 0 Å². The molecular formula is C18H19ClNO4S-. The van der Waals surface area contributed by atoms with Gasteiger partial charge in [0.05, 0.1) is 17.4 Å². The fraction of sp³-hybridized carbons (Fsp3) is 0.278. The smallest absolute Gasteiger partial charge is 0.244 e. The molecule has 0 radical (unpaired) electrons. The Balaban J connectivity index is 2.49. The molecule has 5 nitrogen and oxygen atoms in total. The molecule has 0 spiro atoms.